The molecule has 7 nitrogen and oxygen atoms in total. The Kier molecular flexibility index (Phi) is 4.61. The molecule has 3 heterocycles. The van der Waals surface area contributed by atoms with E-state index in [1.165, 1.54) is 11.8 Å². The Morgan fingerprint density at radius 3 is 2.46 bits per heavy atom. The fourth-order valence-corrected chi connectivity index (χ4v) is 3.89. The highest BCUT2D eigenvalue weighted by Gasteiger charge is 2.18. The zero-order valence-corrected chi connectivity index (χ0v) is 16.9. The van der Waals surface area contributed by atoms with Gasteiger partial charge in [0, 0.05) is 17.1 Å². The number of rotatable bonds is 4. The van der Waals surface area contributed by atoms with Crippen LogP contribution in [0, 0.1) is 39.0 Å². The van der Waals surface area contributed by atoms with Crippen LogP contribution in [0.2, 0.25) is 0 Å². The molecule has 0 aliphatic carbocycles. The summed E-state index contributed by atoms with van der Waals surface area (Å²) in [6.45, 7) is 7.88. The molecule has 0 radical (unpaired) electrons. The molecule has 4 rings (SSSR count). The summed E-state index contributed by atoms with van der Waals surface area (Å²) >= 11 is 1.48. The van der Waals surface area contributed by atoms with E-state index in [2.05, 4.69) is 26.2 Å². The van der Waals surface area contributed by atoms with Gasteiger partial charge >= 0.3 is 0 Å². The summed E-state index contributed by atoms with van der Waals surface area (Å²) in [4.78, 5) is 9.07. The third-order valence-corrected chi connectivity index (χ3v) is 5.70. The number of hydrogen-bond donors (Lipinski definition) is 0. The Balaban J connectivity index is 1.70. The van der Waals surface area contributed by atoms with E-state index in [1.54, 1.807) is 4.52 Å². The van der Waals surface area contributed by atoms with Crippen LogP contribution >= 0.6 is 11.8 Å². The van der Waals surface area contributed by atoms with Crippen molar-refractivity contribution in [3.05, 3.63) is 64.2 Å². The van der Waals surface area contributed by atoms with E-state index in [4.69, 9.17) is 0 Å². The fraction of sp³-hybridized carbons (Fsp3) is 0.250. The summed E-state index contributed by atoms with van der Waals surface area (Å²) < 4.78 is 3.60. The van der Waals surface area contributed by atoms with Crippen LogP contribution in [0.4, 0.5) is 0 Å². The zero-order valence-electron chi connectivity index (χ0n) is 16.1. The molecule has 0 saturated heterocycles. The molecule has 3 aromatic heterocycles. The maximum atomic E-state index is 9.61. The summed E-state index contributed by atoms with van der Waals surface area (Å²) in [5.74, 6) is 1.13. The Labute approximate surface area is 167 Å². The predicted molar refractivity (Wildman–Crippen MR) is 108 cm³/mol. The van der Waals surface area contributed by atoms with E-state index in [0.717, 1.165) is 28.3 Å². The number of fused-ring (bicyclic) bond motifs is 1. The zero-order chi connectivity index (χ0) is 19.8. The van der Waals surface area contributed by atoms with Crippen LogP contribution in [0.3, 0.4) is 0 Å². The van der Waals surface area contributed by atoms with Gasteiger partial charge in [-0.25, -0.2) is 14.2 Å². The molecule has 0 N–H and O–H groups in total. The van der Waals surface area contributed by atoms with E-state index >= 15 is 0 Å². The third kappa shape index (κ3) is 3.04. The summed E-state index contributed by atoms with van der Waals surface area (Å²) in [6, 6.07) is 12.1. The van der Waals surface area contributed by atoms with Crippen molar-refractivity contribution < 1.29 is 0 Å². The van der Waals surface area contributed by atoms with Crippen molar-refractivity contribution >= 4 is 17.5 Å². The van der Waals surface area contributed by atoms with Gasteiger partial charge in [0.1, 0.15) is 6.07 Å². The summed E-state index contributed by atoms with van der Waals surface area (Å²) in [6.07, 6.45) is 0. The average Bonchev–Trinajstić information content (AvgIpc) is 3.25. The van der Waals surface area contributed by atoms with E-state index < -0.39 is 0 Å². The largest absolute Gasteiger partial charge is 0.253 e. The fourth-order valence-electron chi connectivity index (χ4n) is 3.07. The number of nitrogens with zero attached hydrogens (tertiary/aromatic N) is 7. The lowest BCUT2D eigenvalue weighted by Crippen LogP contribution is -2.02. The highest BCUT2D eigenvalue weighted by Crippen LogP contribution is 2.26. The molecule has 0 aliphatic rings. The molecule has 28 heavy (non-hydrogen) atoms. The first-order valence-corrected chi connectivity index (χ1v) is 9.85. The van der Waals surface area contributed by atoms with E-state index in [0.29, 0.717) is 27.9 Å². The van der Waals surface area contributed by atoms with E-state index in [-0.39, 0.29) is 0 Å². The van der Waals surface area contributed by atoms with E-state index in [1.807, 2.05) is 62.7 Å². The van der Waals surface area contributed by atoms with Crippen molar-refractivity contribution in [2.24, 2.45) is 0 Å². The Morgan fingerprint density at radius 1 is 1.00 bits per heavy atom. The van der Waals surface area contributed by atoms with Gasteiger partial charge in [-0.3, -0.25) is 0 Å². The topological polar surface area (TPSA) is 84.7 Å². The summed E-state index contributed by atoms with van der Waals surface area (Å²) in [5, 5.41) is 19.4. The van der Waals surface area contributed by atoms with Gasteiger partial charge in [-0.1, -0.05) is 30.0 Å². The first kappa shape index (κ1) is 18.2. The van der Waals surface area contributed by atoms with Gasteiger partial charge in [-0.15, -0.1) is 5.10 Å². The van der Waals surface area contributed by atoms with Crippen LogP contribution in [-0.2, 0) is 5.75 Å². The third-order valence-electron chi connectivity index (χ3n) is 4.85. The number of aryl methyl sites for hydroxylation is 3. The Hall–Kier alpha value is -3.18. The van der Waals surface area contributed by atoms with Gasteiger partial charge in [0.2, 0.25) is 5.16 Å². The lowest BCUT2D eigenvalue weighted by Gasteiger charge is -2.06. The van der Waals surface area contributed by atoms with Gasteiger partial charge in [0.05, 0.1) is 22.6 Å². The minimum Gasteiger partial charge on any atom is -0.235 e. The standard InChI is InChI=1S/C20H19N7S/c1-12-13(2)22-19-23-20(25-26(19)15(12)4)28-11-18-17(10-21)14(3)24-27(18)16-8-6-5-7-9-16/h5-9H,11H2,1-4H3. The van der Waals surface area contributed by atoms with Crippen LogP contribution < -0.4 is 0 Å². The highest BCUT2D eigenvalue weighted by molar-refractivity contribution is 7.98. The number of benzene rings is 1. The van der Waals surface area contributed by atoms with Crippen molar-refractivity contribution in [1.29, 1.82) is 5.26 Å². The van der Waals surface area contributed by atoms with Crippen LogP contribution in [-0.4, -0.2) is 29.4 Å². The van der Waals surface area contributed by atoms with Crippen LogP contribution in [0.1, 0.15) is 33.9 Å². The molecule has 0 fully saturated rings. The molecule has 4 aromatic rings. The maximum Gasteiger partial charge on any atom is 0.253 e. The minimum absolute atomic E-state index is 0.534. The second-order valence-electron chi connectivity index (χ2n) is 6.57. The molecular weight excluding hydrogens is 370 g/mol. The van der Waals surface area contributed by atoms with Crippen molar-refractivity contribution in [3.63, 3.8) is 0 Å². The summed E-state index contributed by atoms with van der Waals surface area (Å²) in [7, 11) is 0. The molecule has 0 amide bonds. The van der Waals surface area contributed by atoms with Gasteiger partial charge in [-0.2, -0.15) is 15.3 Å². The number of nitriles is 1. The van der Waals surface area contributed by atoms with Gasteiger partial charge in [0.15, 0.2) is 0 Å². The second-order valence-corrected chi connectivity index (χ2v) is 7.51. The molecule has 0 unspecified atom stereocenters. The van der Waals surface area contributed by atoms with Crippen molar-refractivity contribution in [3.8, 4) is 11.8 Å². The van der Waals surface area contributed by atoms with Crippen LogP contribution in [0.15, 0.2) is 35.5 Å². The molecular formula is C20H19N7S. The van der Waals surface area contributed by atoms with Crippen LogP contribution in [0.5, 0.6) is 0 Å². The van der Waals surface area contributed by atoms with Crippen LogP contribution in [0.25, 0.3) is 11.5 Å². The molecule has 0 atom stereocenters. The molecule has 1 aromatic carbocycles. The monoisotopic (exact) mass is 389 g/mol. The molecule has 140 valence electrons. The number of thioether (sulfide) groups is 1. The average molecular weight is 389 g/mol. The molecule has 0 saturated carbocycles. The number of hydrogen-bond acceptors (Lipinski definition) is 6. The predicted octanol–water partition coefficient (Wildman–Crippen LogP) is 3.71. The molecule has 0 bridgehead atoms. The lowest BCUT2D eigenvalue weighted by atomic mass is 10.2. The minimum atomic E-state index is 0.534. The summed E-state index contributed by atoms with van der Waals surface area (Å²) in [5.41, 5.74) is 6.18. The number of aromatic nitrogens is 6. The maximum absolute atomic E-state index is 9.61. The van der Waals surface area contributed by atoms with Crippen molar-refractivity contribution in [1.82, 2.24) is 29.4 Å². The molecule has 8 heteroatoms. The van der Waals surface area contributed by atoms with E-state index in [9.17, 15) is 5.26 Å². The number of para-hydroxylation sites is 1. The molecule has 0 spiro atoms. The Bertz CT molecular complexity index is 1220. The SMILES string of the molecule is Cc1nc2nc(SCc3c(C#N)c(C)nn3-c3ccccc3)nn2c(C)c1C. The Morgan fingerprint density at radius 2 is 1.75 bits per heavy atom. The van der Waals surface area contributed by atoms with Crippen molar-refractivity contribution in [2.45, 2.75) is 38.6 Å². The lowest BCUT2D eigenvalue weighted by molar-refractivity contribution is 0.822. The van der Waals surface area contributed by atoms with Crippen molar-refractivity contribution in [2.75, 3.05) is 0 Å². The highest BCUT2D eigenvalue weighted by atomic mass is 32.2. The second kappa shape index (κ2) is 7.09. The first-order valence-electron chi connectivity index (χ1n) is 8.87. The molecule has 0 aliphatic heterocycles. The van der Waals surface area contributed by atoms with Gasteiger partial charge < -0.3 is 0 Å². The smallest absolute Gasteiger partial charge is 0.235 e. The quantitative estimate of drug-likeness (QED) is 0.495. The van der Waals surface area contributed by atoms with Gasteiger partial charge in [0.25, 0.3) is 5.78 Å². The van der Waals surface area contributed by atoms with Gasteiger partial charge in [-0.05, 0) is 45.4 Å². The normalized spacial score (nSPS) is 11.1. The first-order chi connectivity index (χ1) is 13.5.